The van der Waals surface area contributed by atoms with Gasteiger partial charge in [-0.1, -0.05) is 31.0 Å². The largest absolute Gasteiger partial charge is 0.376 e. The monoisotopic (exact) mass is 372 g/mol. The Morgan fingerprint density at radius 1 is 1.11 bits per heavy atom. The van der Waals surface area contributed by atoms with Crippen molar-refractivity contribution in [2.75, 3.05) is 37.8 Å². The molecule has 2 fully saturated rings. The molecular weight excluding hydrogens is 344 g/mol. The Hall–Kier alpha value is -1.92. The first kappa shape index (κ1) is 18.4. The van der Waals surface area contributed by atoms with Crippen LogP contribution in [0.1, 0.15) is 31.2 Å². The maximum atomic E-state index is 13.3. The van der Waals surface area contributed by atoms with Gasteiger partial charge < -0.3 is 19.7 Å². The van der Waals surface area contributed by atoms with Crippen LogP contribution < -0.4 is 10.2 Å². The molecule has 1 aliphatic carbocycles. The first-order chi connectivity index (χ1) is 13.2. The van der Waals surface area contributed by atoms with Gasteiger partial charge in [0.25, 0.3) is 0 Å². The molecule has 0 bridgehead atoms. The molecule has 2 heterocycles. The Balaban J connectivity index is 1.41. The lowest BCUT2D eigenvalue weighted by Crippen LogP contribution is -2.47. The zero-order chi connectivity index (χ0) is 18.6. The van der Waals surface area contributed by atoms with Crippen LogP contribution in [-0.4, -0.2) is 50.8 Å². The average Bonchev–Trinajstić information content (AvgIpc) is 3.16. The van der Waals surface area contributed by atoms with Gasteiger partial charge in [0.05, 0.1) is 31.8 Å². The molecule has 27 heavy (non-hydrogen) atoms. The van der Waals surface area contributed by atoms with Crippen molar-refractivity contribution >= 4 is 17.5 Å². The standard InChI is InChI=1S/C21H28N2O4/c24-20(22-13-16-14-26-11-12-27-16)17-6-2-3-7-18(17)21(25)23-10-9-15-5-1-4-8-19(15)23/h1,4-5,8,16-18H,2-3,6-7,9-14H2,(H,22,24). The number of benzene rings is 1. The summed E-state index contributed by atoms with van der Waals surface area (Å²) in [6.07, 6.45) is 4.38. The molecule has 2 aliphatic heterocycles. The minimum atomic E-state index is -0.247. The van der Waals surface area contributed by atoms with Crippen LogP contribution in [0.25, 0.3) is 0 Å². The number of carbonyl (C=O) groups excluding carboxylic acids is 2. The van der Waals surface area contributed by atoms with Crippen molar-refractivity contribution in [2.45, 2.75) is 38.2 Å². The number of nitrogens with zero attached hydrogens (tertiary/aromatic N) is 1. The van der Waals surface area contributed by atoms with Crippen LogP contribution in [0.2, 0.25) is 0 Å². The molecule has 1 aromatic rings. The third-order valence-electron chi connectivity index (χ3n) is 5.96. The fourth-order valence-corrected chi connectivity index (χ4v) is 4.51. The summed E-state index contributed by atoms with van der Waals surface area (Å²) in [6.45, 7) is 2.86. The molecule has 2 amide bonds. The summed E-state index contributed by atoms with van der Waals surface area (Å²) in [7, 11) is 0. The molecule has 146 valence electrons. The molecule has 0 radical (unpaired) electrons. The highest BCUT2D eigenvalue weighted by Gasteiger charge is 2.39. The van der Waals surface area contributed by atoms with Gasteiger partial charge in [-0.15, -0.1) is 0 Å². The van der Waals surface area contributed by atoms with Gasteiger partial charge in [0.15, 0.2) is 0 Å². The highest BCUT2D eigenvalue weighted by Crippen LogP contribution is 2.35. The SMILES string of the molecule is O=C(NCC1COCCO1)C1CCCCC1C(=O)N1CCc2ccccc21. The molecule has 4 rings (SSSR count). The topological polar surface area (TPSA) is 67.9 Å². The molecule has 6 heteroatoms. The number of rotatable bonds is 4. The zero-order valence-corrected chi connectivity index (χ0v) is 15.7. The summed E-state index contributed by atoms with van der Waals surface area (Å²) in [5.41, 5.74) is 2.23. The summed E-state index contributed by atoms with van der Waals surface area (Å²) in [5, 5.41) is 3.00. The van der Waals surface area contributed by atoms with Gasteiger partial charge >= 0.3 is 0 Å². The van der Waals surface area contributed by atoms with Gasteiger partial charge in [-0.05, 0) is 30.9 Å². The van der Waals surface area contributed by atoms with E-state index in [0.717, 1.165) is 44.3 Å². The minimum absolute atomic E-state index is 0.0188. The van der Waals surface area contributed by atoms with Crippen LogP contribution in [0.3, 0.4) is 0 Å². The van der Waals surface area contributed by atoms with Crippen LogP contribution in [-0.2, 0) is 25.5 Å². The van der Waals surface area contributed by atoms with Gasteiger partial charge in [-0.25, -0.2) is 0 Å². The van der Waals surface area contributed by atoms with E-state index in [1.807, 2.05) is 23.1 Å². The number of hydrogen-bond acceptors (Lipinski definition) is 4. The lowest BCUT2D eigenvalue weighted by molar-refractivity contribution is -0.136. The third kappa shape index (κ3) is 4.01. The molecule has 1 saturated carbocycles. The first-order valence-corrected chi connectivity index (χ1v) is 10.1. The normalized spacial score (nSPS) is 27.9. The third-order valence-corrected chi connectivity index (χ3v) is 5.96. The molecular formula is C21H28N2O4. The minimum Gasteiger partial charge on any atom is -0.376 e. The second-order valence-electron chi connectivity index (χ2n) is 7.68. The predicted octanol–water partition coefficient (Wildman–Crippen LogP) is 1.91. The van der Waals surface area contributed by atoms with Gasteiger partial charge in [0, 0.05) is 24.7 Å². The number of fused-ring (bicyclic) bond motifs is 1. The van der Waals surface area contributed by atoms with Crippen molar-refractivity contribution < 1.29 is 19.1 Å². The molecule has 3 unspecified atom stereocenters. The smallest absolute Gasteiger partial charge is 0.230 e. The van der Waals surface area contributed by atoms with Crippen LogP contribution in [0.15, 0.2) is 24.3 Å². The fraction of sp³-hybridized carbons (Fsp3) is 0.619. The van der Waals surface area contributed by atoms with E-state index in [9.17, 15) is 9.59 Å². The Labute approximate surface area is 160 Å². The Bertz CT molecular complexity index is 687. The molecule has 3 aliphatic rings. The Morgan fingerprint density at radius 3 is 2.74 bits per heavy atom. The number of hydrogen-bond donors (Lipinski definition) is 1. The first-order valence-electron chi connectivity index (χ1n) is 10.1. The van der Waals surface area contributed by atoms with Crippen LogP contribution in [0, 0.1) is 11.8 Å². The molecule has 6 nitrogen and oxygen atoms in total. The quantitative estimate of drug-likeness (QED) is 0.877. The van der Waals surface area contributed by atoms with E-state index in [4.69, 9.17) is 9.47 Å². The van der Waals surface area contributed by atoms with Gasteiger partial charge in [0.2, 0.25) is 11.8 Å². The number of para-hydroxylation sites is 1. The second kappa shape index (κ2) is 8.40. The van der Waals surface area contributed by atoms with Gasteiger partial charge in [-0.3, -0.25) is 9.59 Å². The summed E-state index contributed by atoms with van der Waals surface area (Å²) in [4.78, 5) is 28.0. The van der Waals surface area contributed by atoms with Crippen molar-refractivity contribution in [3.8, 4) is 0 Å². The van der Waals surface area contributed by atoms with Crippen molar-refractivity contribution in [1.82, 2.24) is 5.32 Å². The lowest BCUT2D eigenvalue weighted by atomic mass is 9.77. The van der Waals surface area contributed by atoms with E-state index < -0.39 is 0 Å². The van der Waals surface area contributed by atoms with E-state index in [0.29, 0.717) is 26.4 Å². The Morgan fingerprint density at radius 2 is 1.93 bits per heavy atom. The van der Waals surface area contributed by atoms with E-state index in [1.54, 1.807) is 0 Å². The van der Waals surface area contributed by atoms with Crippen molar-refractivity contribution in [3.05, 3.63) is 29.8 Å². The second-order valence-corrected chi connectivity index (χ2v) is 7.68. The summed E-state index contributed by atoms with van der Waals surface area (Å²) < 4.78 is 11.0. The molecule has 0 spiro atoms. The number of anilines is 1. The summed E-state index contributed by atoms with van der Waals surface area (Å²) in [5.74, 6) is -0.385. The van der Waals surface area contributed by atoms with Gasteiger partial charge in [0.1, 0.15) is 0 Å². The summed E-state index contributed by atoms with van der Waals surface area (Å²) in [6, 6.07) is 8.08. The van der Waals surface area contributed by atoms with Crippen molar-refractivity contribution in [3.63, 3.8) is 0 Å². The van der Waals surface area contributed by atoms with Crippen LogP contribution >= 0.6 is 0 Å². The van der Waals surface area contributed by atoms with Crippen molar-refractivity contribution in [2.24, 2.45) is 11.8 Å². The molecule has 0 aromatic heterocycles. The maximum Gasteiger partial charge on any atom is 0.230 e. The predicted molar refractivity (Wildman–Crippen MR) is 102 cm³/mol. The number of carbonyl (C=O) groups is 2. The highest BCUT2D eigenvalue weighted by atomic mass is 16.6. The fourth-order valence-electron chi connectivity index (χ4n) is 4.51. The average molecular weight is 372 g/mol. The van der Waals surface area contributed by atoms with Crippen LogP contribution in [0.4, 0.5) is 5.69 Å². The molecule has 3 atom stereocenters. The lowest BCUT2D eigenvalue weighted by Gasteiger charge is -2.33. The molecule has 1 N–H and O–H groups in total. The summed E-state index contributed by atoms with van der Waals surface area (Å²) >= 11 is 0. The van der Waals surface area contributed by atoms with Crippen molar-refractivity contribution in [1.29, 1.82) is 0 Å². The van der Waals surface area contributed by atoms with E-state index >= 15 is 0 Å². The zero-order valence-electron chi connectivity index (χ0n) is 15.7. The van der Waals surface area contributed by atoms with Gasteiger partial charge in [-0.2, -0.15) is 0 Å². The maximum absolute atomic E-state index is 13.3. The number of ether oxygens (including phenoxy) is 2. The van der Waals surface area contributed by atoms with E-state index in [2.05, 4.69) is 11.4 Å². The molecule has 1 saturated heterocycles. The molecule has 1 aromatic carbocycles. The number of amides is 2. The number of nitrogens with one attached hydrogen (secondary N) is 1. The van der Waals surface area contributed by atoms with E-state index in [1.165, 1.54) is 5.56 Å². The highest BCUT2D eigenvalue weighted by molar-refractivity contribution is 5.99. The van der Waals surface area contributed by atoms with Crippen LogP contribution in [0.5, 0.6) is 0 Å². The Kier molecular flexibility index (Phi) is 5.74. The van der Waals surface area contributed by atoms with E-state index in [-0.39, 0.29) is 29.8 Å².